The molecule has 0 spiro atoms. The zero-order valence-corrected chi connectivity index (χ0v) is 11.4. The monoisotopic (exact) mass is 281 g/mol. The maximum atomic E-state index is 12.6. The van der Waals surface area contributed by atoms with Crippen LogP contribution < -0.4 is 0 Å². The molecule has 2 aromatic carbocycles. The number of hydrogen-bond acceptors (Lipinski definition) is 3. The molecule has 1 fully saturated rings. The van der Waals surface area contributed by atoms with Crippen LogP contribution in [-0.2, 0) is 4.74 Å². The fourth-order valence-corrected chi connectivity index (χ4v) is 2.11. The average Bonchev–Trinajstić information content (AvgIpc) is 3.37. The van der Waals surface area contributed by atoms with Gasteiger partial charge in [0, 0.05) is 11.1 Å². The van der Waals surface area contributed by atoms with Gasteiger partial charge in [-0.1, -0.05) is 36.4 Å². The molecule has 1 unspecified atom stereocenters. The Kier molecular flexibility index (Phi) is 3.79. The highest BCUT2D eigenvalue weighted by atomic mass is 16.6. The van der Waals surface area contributed by atoms with Crippen molar-refractivity contribution in [1.82, 2.24) is 4.90 Å². The van der Waals surface area contributed by atoms with Crippen molar-refractivity contribution in [2.24, 2.45) is 0 Å². The molecule has 4 heteroatoms. The first-order valence-electron chi connectivity index (χ1n) is 6.83. The molecule has 4 nitrogen and oxygen atoms in total. The van der Waals surface area contributed by atoms with E-state index >= 15 is 0 Å². The molecule has 0 radical (unpaired) electrons. The second-order valence-corrected chi connectivity index (χ2v) is 4.91. The van der Waals surface area contributed by atoms with Crippen molar-refractivity contribution in [2.75, 3.05) is 13.2 Å². The Morgan fingerprint density at radius 1 is 0.905 bits per heavy atom. The Bertz CT molecular complexity index is 584. The third kappa shape index (κ3) is 3.17. The van der Waals surface area contributed by atoms with E-state index in [9.17, 15) is 9.59 Å². The van der Waals surface area contributed by atoms with Crippen molar-refractivity contribution in [2.45, 2.75) is 6.10 Å². The standard InChI is InChI=1S/C17H15NO3/c19-16(13-7-3-1-4-8-13)18(11-15-12-21-15)17(20)14-9-5-2-6-10-14/h1-10,15H,11-12H2. The second-order valence-electron chi connectivity index (χ2n) is 4.91. The van der Waals surface area contributed by atoms with Gasteiger partial charge in [-0.3, -0.25) is 14.5 Å². The average molecular weight is 281 g/mol. The summed E-state index contributed by atoms with van der Waals surface area (Å²) in [5, 5.41) is 0. The minimum Gasteiger partial charge on any atom is -0.371 e. The number of rotatable bonds is 4. The van der Waals surface area contributed by atoms with Crippen LogP contribution in [0.3, 0.4) is 0 Å². The van der Waals surface area contributed by atoms with Crippen LogP contribution in [0.2, 0.25) is 0 Å². The third-order valence-electron chi connectivity index (χ3n) is 3.32. The Morgan fingerprint density at radius 2 is 1.33 bits per heavy atom. The van der Waals surface area contributed by atoms with E-state index in [1.807, 2.05) is 12.1 Å². The van der Waals surface area contributed by atoms with Crippen molar-refractivity contribution in [3.05, 3.63) is 71.8 Å². The molecule has 1 aliphatic heterocycles. The van der Waals surface area contributed by atoms with Gasteiger partial charge in [-0.05, 0) is 24.3 Å². The summed E-state index contributed by atoms with van der Waals surface area (Å²) in [5.74, 6) is -0.583. The lowest BCUT2D eigenvalue weighted by molar-refractivity contribution is 0.0604. The fraction of sp³-hybridized carbons (Fsp3) is 0.176. The topological polar surface area (TPSA) is 49.9 Å². The summed E-state index contributed by atoms with van der Waals surface area (Å²) in [6.45, 7) is 0.891. The van der Waals surface area contributed by atoms with Gasteiger partial charge in [0.15, 0.2) is 0 Å². The van der Waals surface area contributed by atoms with Crippen LogP contribution in [0.4, 0.5) is 0 Å². The number of ether oxygens (including phenoxy) is 1. The lowest BCUT2D eigenvalue weighted by atomic mass is 10.1. The van der Waals surface area contributed by atoms with E-state index in [1.54, 1.807) is 48.5 Å². The highest BCUT2D eigenvalue weighted by molar-refractivity contribution is 6.10. The van der Waals surface area contributed by atoms with Crippen molar-refractivity contribution < 1.29 is 14.3 Å². The van der Waals surface area contributed by atoms with E-state index in [4.69, 9.17) is 4.74 Å². The number of carbonyl (C=O) groups excluding carboxylic acids is 2. The molecular formula is C17H15NO3. The molecule has 1 aliphatic rings. The number of benzene rings is 2. The van der Waals surface area contributed by atoms with Crippen LogP contribution >= 0.6 is 0 Å². The maximum absolute atomic E-state index is 12.6. The molecule has 3 rings (SSSR count). The van der Waals surface area contributed by atoms with Crippen molar-refractivity contribution in [1.29, 1.82) is 0 Å². The van der Waals surface area contributed by atoms with E-state index in [1.165, 1.54) is 4.90 Å². The Morgan fingerprint density at radius 3 is 1.71 bits per heavy atom. The van der Waals surface area contributed by atoms with Gasteiger partial charge < -0.3 is 4.74 Å². The number of nitrogens with zero attached hydrogens (tertiary/aromatic N) is 1. The highest BCUT2D eigenvalue weighted by Gasteiger charge is 2.32. The zero-order valence-electron chi connectivity index (χ0n) is 11.4. The molecule has 2 aromatic rings. The summed E-state index contributed by atoms with van der Waals surface area (Å²) >= 11 is 0. The van der Waals surface area contributed by atoms with Gasteiger partial charge >= 0.3 is 0 Å². The predicted molar refractivity (Wildman–Crippen MR) is 78.0 cm³/mol. The molecule has 0 N–H and O–H groups in total. The first-order valence-corrected chi connectivity index (χ1v) is 6.83. The smallest absolute Gasteiger partial charge is 0.260 e. The van der Waals surface area contributed by atoms with Crippen LogP contribution in [0.1, 0.15) is 20.7 Å². The summed E-state index contributed by atoms with van der Waals surface area (Å²) in [7, 11) is 0. The lowest BCUT2D eigenvalue weighted by Crippen LogP contribution is -2.39. The molecule has 0 saturated carbocycles. The largest absolute Gasteiger partial charge is 0.371 e. The fourth-order valence-electron chi connectivity index (χ4n) is 2.11. The molecule has 1 heterocycles. The molecular weight excluding hydrogens is 266 g/mol. The second kappa shape index (κ2) is 5.89. The first-order chi connectivity index (χ1) is 10.3. The van der Waals surface area contributed by atoms with Crippen LogP contribution in [0.25, 0.3) is 0 Å². The minimum absolute atomic E-state index is 0.0367. The summed E-state index contributed by atoms with van der Waals surface area (Å²) < 4.78 is 5.16. The number of epoxide rings is 1. The Balaban J connectivity index is 1.87. The Hall–Kier alpha value is -2.46. The van der Waals surface area contributed by atoms with E-state index in [2.05, 4.69) is 0 Å². The van der Waals surface area contributed by atoms with Crippen LogP contribution in [0, 0.1) is 0 Å². The van der Waals surface area contributed by atoms with Crippen molar-refractivity contribution >= 4 is 11.8 Å². The Labute approximate surface area is 123 Å². The summed E-state index contributed by atoms with van der Waals surface area (Å²) in [6.07, 6.45) is -0.0367. The predicted octanol–water partition coefficient (Wildman–Crippen LogP) is 2.37. The maximum Gasteiger partial charge on any atom is 0.260 e. The molecule has 2 amide bonds. The lowest BCUT2D eigenvalue weighted by Gasteiger charge is -2.20. The van der Waals surface area contributed by atoms with E-state index in [-0.39, 0.29) is 17.9 Å². The van der Waals surface area contributed by atoms with Gasteiger partial charge in [-0.2, -0.15) is 0 Å². The summed E-state index contributed by atoms with van der Waals surface area (Å²) in [4.78, 5) is 26.4. The van der Waals surface area contributed by atoms with Gasteiger partial charge in [0.1, 0.15) is 0 Å². The minimum atomic E-state index is -0.292. The van der Waals surface area contributed by atoms with Crippen molar-refractivity contribution in [3.8, 4) is 0 Å². The molecule has 0 aromatic heterocycles. The van der Waals surface area contributed by atoms with E-state index < -0.39 is 0 Å². The summed E-state index contributed by atoms with van der Waals surface area (Å²) in [5.41, 5.74) is 1.00. The van der Waals surface area contributed by atoms with Gasteiger partial charge in [0.05, 0.1) is 19.3 Å². The molecule has 1 saturated heterocycles. The van der Waals surface area contributed by atoms with Crippen molar-refractivity contribution in [3.63, 3.8) is 0 Å². The molecule has 21 heavy (non-hydrogen) atoms. The van der Waals surface area contributed by atoms with Crippen LogP contribution in [0.15, 0.2) is 60.7 Å². The third-order valence-corrected chi connectivity index (χ3v) is 3.32. The van der Waals surface area contributed by atoms with Gasteiger partial charge in [-0.15, -0.1) is 0 Å². The molecule has 1 atom stereocenters. The number of carbonyl (C=O) groups is 2. The van der Waals surface area contributed by atoms with E-state index in [0.29, 0.717) is 24.3 Å². The molecule has 106 valence electrons. The molecule has 0 bridgehead atoms. The highest BCUT2D eigenvalue weighted by Crippen LogP contribution is 2.16. The summed E-state index contributed by atoms with van der Waals surface area (Å²) in [6, 6.07) is 17.6. The number of imide groups is 1. The normalized spacial score (nSPS) is 16.3. The van der Waals surface area contributed by atoms with Gasteiger partial charge in [0.25, 0.3) is 11.8 Å². The van der Waals surface area contributed by atoms with Crippen LogP contribution in [0.5, 0.6) is 0 Å². The number of amides is 2. The quantitative estimate of drug-likeness (QED) is 0.638. The van der Waals surface area contributed by atoms with Gasteiger partial charge in [-0.25, -0.2) is 0 Å². The molecule has 0 aliphatic carbocycles. The first kappa shape index (κ1) is 13.5. The zero-order chi connectivity index (χ0) is 14.7. The van der Waals surface area contributed by atoms with Gasteiger partial charge in [0.2, 0.25) is 0 Å². The van der Waals surface area contributed by atoms with E-state index in [0.717, 1.165) is 0 Å². The SMILES string of the molecule is O=C(c1ccccc1)N(CC1CO1)C(=O)c1ccccc1. The van der Waals surface area contributed by atoms with Crippen LogP contribution in [-0.4, -0.2) is 36.0 Å². The number of hydrogen-bond donors (Lipinski definition) is 0.